The summed E-state index contributed by atoms with van der Waals surface area (Å²) in [6.45, 7) is 1.85. The van der Waals surface area contributed by atoms with Crippen molar-refractivity contribution < 1.29 is 17.7 Å². The number of hydrogen-bond acceptors (Lipinski definition) is 4. The Labute approximate surface area is 98.4 Å². The molecule has 0 radical (unpaired) electrons. The predicted octanol–water partition coefficient (Wildman–Crippen LogP) is 0.882. The first-order chi connectivity index (χ1) is 7.59. The summed E-state index contributed by atoms with van der Waals surface area (Å²) in [5.41, 5.74) is 0. The Morgan fingerprint density at radius 1 is 1.50 bits per heavy atom. The molecule has 0 aromatic heterocycles. The lowest BCUT2D eigenvalue weighted by molar-refractivity contribution is -0.126. The second-order valence-corrected chi connectivity index (χ2v) is 4.79. The SMILES string of the molecule is CC(CNC(=O)C1CCCCC1)OS(=O)[O-]. The molecule has 1 saturated carbocycles. The van der Waals surface area contributed by atoms with E-state index in [2.05, 4.69) is 9.50 Å². The van der Waals surface area contributed by atoms with Crippen molar-refractivity contribution in [2.24, 2.45) is 5.92 Å². The molecule has 0 aromatic rings. The van der Waals surface area contributed by atoms with E-state index in [1.54, 1.807) is 6.92 Å². The molecule has 6 heteroatoms. The van der Waals surface area contributed by atoms with Crippen molar-refractivity contribution >= 4 is 17.3 Å². The van der Waals surface area contributed by atoms with Crippen LogP contribution < -0.4 is 5.32 Å². The highest BCUT2D eigenvalue weighted by Crippen LogP contribution is 2.23. The molecular weight excluding hydrogens is 230 g/mol. The summed E-state index contributed by atoms with van der Waals surface area (Å²) in [5.74, 6) is 0.116. The van der Waals surface area contributed by atoms with Crippen LogP contribution >= 0.6 is 0 Å². The number of nitrogens with one attached hydrogen (secondary N) is 1. The monoisotopic (exact) mass is 248 g/mol. The van der Waals surface area contributed by atoms with E-state index in [0.717, 1.165) is 25.7 Å². The Balaban J connectivity index is 2.20. The van der Waals surface area contributed by atoms with Crippen LogP contribution in [0.4, 0.5) is 0 Å². The lowest BCUT2D eigenvalue weighted by Crippen LogP contribution is -2.37. The van der Waals surface area contributed by atoms with Crippen molar-refractivity contribution in [3.05, 3.63) is 0 Å². The minimum absolute atomic E-state index is 0.0202. The fourth-order valence-corrected chi connectivity index (χ4v) is 2.26. The highest BCUT2D eigenvalue weighted by atomic mass is 32.2. The van der Waals surface area contributed by atoms with E-state index in [-0.39, 0.29) is 18.4 Å². The minimum Gasteiger partial charge on any atom is -0.750 e. The van der Waals surface area contributed by atoms with Crippen molar-refractivity contribution in [2.75, 3.05) is 6.54 Å². The number of carbonyl (C=O) groups excluding carboxylic acids is 1. The zero-order valence-corrected chi connectivity index (χ0v) is 10.3. The van der Waals surface area contributed by atoms with Crippen LogP contribution in [0.5, 0.6) is 0 Å². The largest absolute Gasteiger partial charge is 0.750 e. The van der Waals surface area contributed by atoms with E-state index < -0.39 is 17.5 Å². The van der Waals surface area contributed by atoms with Gasteiger partial charge < -0.3 is 9.87 Å². The van der Waals surface area contributed by atoms with E-state index in [1.165, 1.54) is 6.42 Å². The summed E-state index contributed by atoms with van der Waals surface area (Å²) in [5, 5.41) is 2.72. The normalized spacial score (nSPS) is 21.4. The van der Waals surface area contributed by atoms with E-state index >= 15 is 0 Å². The third-order valence-electron chi connectivity index (χ3n) is 2.78. The first-order valence-electron chi connectivity index (χ1n) is 5.63. The maximum absolute atomic E-state index is 11.7. The van der Waals surface area contributed by atoms with E-state index in [4.69, 9.17) is 0 Å². The van der Waals surface area contributed by atoms with Gasteiger partial charge in [-0.05, 0) is 19.8 Å². The number of carbonyl (C=O) groups is 1. The van der Waals surface area contributed by atoms with Gasteiger partial charge in [0, 0.05) is 12.5 Å². The molecule has 0 aliphatic heterocycles. The molecule has 2 unspecified atom stereocenters. The molecule has 1 aliphatic rings. The molecule has 1 aliphatic carbocycles. The summed E-state index contributed by atoms with van der Waals surface area (Å²) < 4.78 is 24.9. The smallest absolute Gasteiger partial charge is 0.223 e. The fraction of sp³-hybridized carbons (Fsp3) is 0.900. The summed E-state index contributed by atoms with van der Waals surface area (Å²) >= 11 is -2.52. The lowest BCUT2D eigenvalue weighted by Gasteiger charge is -2.22. The summed E-state index contributed by atoms with van der Waals surface area (Å²) in [4.78, 5) is 11.7. The second kappa shape index (κ2) is 6.98. The quantitative estimate of drug-likeness (QED) is 0.733. The molecule has 0 saturated heterocycles. The van der Waals surface area contributed by atoms with Gasteiger partial charge in [0.2, 0.25) is 5.91 Å². The van der Waals surface area contributed by atoms with E-state index in [0.29, 0.717) is 0 Å². The van der Waals surface area contributed by atoms with Crippen molar-refractivity contribution in [1.29, 1.82) is 0 Å². The van der Waals surface area contributed by atoms with E-state index in [1.807, 2.05) is 0 Å². The van der Waals surface area contributed by atoms with Gasteiger partial charge in [0.1, 0.15) is 0 Å². The van der Waals surface area contributed by atoms with Gasteiger partial charge in [-0.1, -0.05) is 19.3 Å². The van der Waals surface area contributed by atoms with Gasteiger partial charge in [0.15, 0.2) is 0 Å². The molecular formula is C10H18NO4S-. The second-order valence-electron chi connectivity index (χ2n) is 4.19. The number of hydrogen-bond donors (Lipinski definition) is 1. The van der Waals surface area contributed by atoms with Crippen LogP contribution in [0.25, 0.3) is 0 Å². The molecule has 94 valence electrons. The van der Waals surface area contributed by atoms with Gasteiger partial charge in [0.05, 0.1) is 17.5 Å². The van der Waals surface area contributed by atoms with Crippen LogP contribution in [0.15, 0.2) is 0 Å². The van der Waals surface area contributed by atoms with Gasteiger partial charge in [-0.25, -0.2) is 4.21 Å². The van der Waals surface area contributed by atoms with Gasteiger partial charge >= 0.3 is 0 Å². The fourth-order valence-electron chi connectivity index (χ4n) is 1.92. The van der Waals surface area contributed by atoms with Crippen LogP contribution in [-0.2, 0) is 20.3 Å². The Bertz CT molecular complexity index is 253. The van der Waals surface area contributed by atoms with Crippen molar-refractivity contribution in [3.8, 4) is 0 Å². The highest BCUT2D eigenvalue weighted by molar-refractivity contribution is 7.74. The summed E-state index contributed by atoms with van der Waals surface area (Å²) in [7, 11) is 0. The van der Waals surface area contributed by atoms with Crippen molar-refractivity contribution in [1.82, 2.24) is 5.32 Å². The van der Waals surface area contributed by atoms with Crippen LogP contribution in [0.2, 0.25) is 0 Å². The zero-order valence-electron chi connectivity index (χ0n) is 9.44. The van der Waals surface area contributed by atoms with Crippen LogP contribution in [0, 0.1) is 5.92 Å². The Morgan fingerprint density at radius 3 is 2.69 bits per heavy atom. The minimum atomic E-state index is -2.52. The van der Waals surface area contributed by atoms with Crippen molar-refractivity contribution in [3.63, 3.8) is 0 Å². The van der Waals surface area contributed by atoms with Crippen LogP contribution in [0.3, 0.4) is 0 Å². The first-order valence-corrected chi connectivity index (χ1v) is 6.63. The van der Waals surface area contributed by atoms with Crippen LogP contribution in [0.1, 0.15) is 39.0 Å². The standard InChI is InChI=1S/C10H19NO4S/c1-8(15-16(13)14)7-11-10(12)9-5-3-2-4-6-9/h8-9H,2-7H2,1H3,(H,11,12)(H,13,14)/p-1. The molecule has 1 rings (SSSR count). The summed E-state index contributed by atoms with van der Waals surface area (Å²) in [6.07, 6.45) is 4.79. The number of rotatable bonds is 5. The molecule has 0 heterocycles. The average molecular weight is 248 g/mol. The van der Waals surface area contributed by atoms with E-state index in [9.17, 15) is 13.6 Å². The lowest BCUT2D eigenvalue weighted by atomic mass is 9.89. The number of amides is 1. The van der Waals surface area contributed by atoms with Gasteiger partial charge in [-0.15, -0.1) is 0 Å². The zero-order chi connectivity index (χ0) is 12.0. The molecule has 0 spiro atoms. The first kappa shape index (κ1) is 13.6. The molecule has 16 heavy (non-hydrogen) atoms. The average Bonchev–Trinajstić information content (AvgIpc) is 2.26. The van der Waals surface area contributed by atoms with Gasteiger partial charge in [-0.2, -0.15) is 0 Å². The molecule has 0 bridgehead atoms. The maximum atomic E-state index is 11.7. The Hall–Kier alpha value is -0.460. The summed E-state index contributed by atoms with van der Waals surface area (Å²) in [6, 6.07) is 0. The van der Waals surface area contributed by atoms with Gasteiger partial charge in [-0.3, -0.25) is 8.98 Å². The third kappa shape index (κ3) is 5.05. The van der Waals surface area contributed by atoms with Crippen molar-refractivity contribution in [2.45, 2.75) is 45.1 Å². The molecule has 1 fully saturated rings. The van der Waals surface area contributed by atoms with Crippen LogP contribution in [-0.4, -0.2) is 27.3 Å². The maximum Gasteiger partial charge on any atom is 0.223 e. The third-order valence-corrected chi connectivity index (χ3v) is 3.27. The van der Waals surface area contributed by atoms with Gasteiger partial charge in [0.25, 0.3) is 0 Å². The molecule has 0 aromatic carbocycles. The topological polar surface area (TPSA) is 78.5 Å². The molecule has 5 nitrogen and oxygen atoms in total. The predicted molar refractivity (Wildman–Crippen MR) is 59.1 cm³/mol. The highest BCUT2D eigenvalue weighted by Gasteiger charge is 2.21. The molecule has 1 amide bonds. The molecule has 1 N–H and O–H groups in total. The Kier molecular flexibility index (Phi) is 5.94. The molecule has 2 atom stereocenters. The Morgan fingerprint density at radius 2 is 2.12 bits per heavy atom.